The normalized spacial score (nSPS) is 21.8. The minimum Gasteiger partial charge on any atom is -0.480 e. The van der Waals surface area contributed by atoms with E-state index in [4.69, 9.17) is 14.6 Å². The molecule has 0 atom stereocenters. The van der Waals surface area contributed by atoms with E-state index < -0.39 is 5.97 Å². The van der Waals surface area contributed by atoms with Crippen LogP contribution in [0, 0.1) is 5.41 Å². The quantitative estimate of drug-likeness (QED) is 0.625. The van der Waals surface area contributed by atoms with Crippen LogP contribution in [0.15, 0.2) is 54.6 Å². The highest BCUT2D eigenvalue weighted by molar-refractivity contribution is 5.67. The minimum atomic E-state index is -0.907. The highest BCUT2D eigenvalue weighted by Crippen LogP contribution is 2.55. The van der Waals surface area contributed by atoms with E-state index in [1.54, 1.807) is 0 Å². The van der Waals surface area contributed by atoms with Gasteiger partial charge in [-0.05, 0) is 60.8 Å². The highest BCUT2D eigenvalue weighted by Gasteiger charge is 2.41. The van der Waals surface area contributed by atoms with Crippen LogP contribution in [0.25, 0.3) is 0 Å². The van der Waals surface area contributed by atoms with Gasteiger partial charge >= 0.3 is 5.97 Å². The fourth-order valence-electron chi connectivity index (χ4n) is 3.84. The molecular weight excluding hydrogens is 328 g/mol. The summed E-state index contributed by atoms with van der Waals surface area (Å²) in [6.45, 7) is 2.62. The van der Waals surface area contributed by atoms with Crippen LogP contribution >= 0.6 is 0 Å². The van der Waals surface area contributed by atoms with E-state index in [1.165, 1.54) is 5.56 Å². The summed E-state index contributed by atoms with van der Waals surface area (Å²) in [6, 6.07) is 18.2. The van der Waals surface area contributed by atoms with E-state index in [2.05, 4.69) is 19.1 Å². The molecule has 0 unspecified atom stereocenters. The van der Waals surface area contributed by atoms with Gasteiger partial charge in [-0.25, -0.2) is 4.79 Å². The zero-order chi connectivity index (χ0) is 18.4. The zero-order valence-electron chi connectivity index (χ0n) is 15.2. The molecule has 1 aliphatic carbocycles. The predicted octanol–water partition coefficient (Wildman–Crippen LogP) is 5.24. The Morgan fingerprint density at radius 3 is 2.54 bits per heavy atom. The monoisotopic (exact) mass is 354 g/mol. The molecule has 1 aliphatic rings. The van der Waals surface area contributed by atoms with E-state index in [-0.39, 0.29) is 6.61 Å². The van der Waals surface area contributed by atoms with Crippen LogP contribution in [-0.4, -0.2) is 24.3 Å². The third-order valence-corrected chi connectivity index (χ3v) is 5.10. The van der Waals surface area contributed by atoms with E-state index >= 15 is 0 Å². The van der Waals surface area contributed by atoms with Crippen LogP contribution < -0.4 is 4.74 Å². The first kappa shape index (κ1) is 18.5. The Morgan fingerprint density at radius 1 is 1.12 bits per heavy atom. The summed E-state index contributed by atoms with van der Waals surface area (Å²) in [5.41, 5.74) is 1.58. The van der Waals surface area contributed by atoms with Gasteiger partial charge in [0, 0.05) is 6.61 Å². The summed E-state index contributed by atoms with van der Waals surface area (Å²) in [4.78, 5) is 10.5. The average molecular weight is 354 g/mol. The fourth-order valence-corrected chi connectivity index (χ4v) is 3.84. The van der Waals surface area contributed by atoms with Crippen molar-refractivity contribution in [1.82, 2.24) is 0 Å². The Morgan fingerprint density at radius 2 is 1.81 bits per heavy atom. The first-order valence-electron chi connectivity index (χ1n) is 9.17. The lowest BCUT2D eigenvalue weighted by atomic mass is 9.59. The van der Waals surface area contributed by atoms with Crippen LogP contribution in [0.4, 0.5) is 0 Å². The molecule has 0 heterocycles. The van der Waals surface area contributed by atoms with Gasteiger partial charge in [-0.15, -0.1) is 0 Å². The Balaban J connectivity index is 1.53. The Labute approximate surface area is 154 Å². The third-order valence-electron chi connectivity index (χ3n) is 5.10. The molecular formula is C22H26O4. The molecule has 0 bridgehead atoms. The topological polar surface area (TPSA) is 55.8 Å². The van der Waals surface area contributed by atoms with Crippen molar-refractivity contribution < 1.29 is 19.4 Å². The molecule has 4 heteroatoms. The van der Waals surface area contributed by atoms with Gasteiger partial charge in [-0.1, -0.05) is 43.3 Å². The van der Waals surface area contributed by atoms with Gasteiger partial charge in [-0.3, -0.25) is 0 Å². The first-order chi connectivity index (χ1) is 12.6. The van der Waals surface area contributed by atoms with Crippen molar-refractivity contribution in [2.75, 3.05) is 13.2 Å². The lowest BCUT2D eigenvalue weighted by molar-refractivity contribution is -0.142. The average Bonchev–Trinajstić information content (AvgIpc) is 2.60. The summed E-state index contributed by atoms with van der Waals surface area (Å²) in [5, 5.41) is 8.59. The van der Waals surface area contributed by atoms with Crippen LogP contribution in [0.3, 0.4) is 0 Å². The lowest BCUT2D eigenvalue weighted by Crippen LogP contribution is -2.33. The summed E-state index contributed by atoms with van der Waals surface area (Å²) in [6.07, 6.45) is 4.21. The second kappa shape index (κ2) is 8.37. The number of para-hydroxylation sites is 2. The summed E-state index contributed by atoms with van der Waals surface area (Å²) in [5.74, 6) is 1.41. The highest BCUT2D eigenvalue weighted by atomic mass is 16.5. The molecule has 0 aliphatic heterocycles. The SMILES string of the molecule is C[C@]1(CCCOCC(=O)O)C[C@@H](c2ccccc2Oc2ccccc2)C1. The predicted molar refractivity (Wildman–Crippen MR) is 101 cm³/mol. The van der Waals surface area contributed by atoms with Crippen molar-refractivity contribution >= 4 is 5.97 Å². The second-order valence-corrected chi connectivity index (χ2v) is 7.42. The standard InChI is InChI=1S/C22H26O4/c1-22(12-7-13-25-16-21(23)24)14-17(15-22)19-10-5-6-11-20(19)26-18-8-3-2-4-9-18/h2-6,8-11,17H,7,12-16H2,1H3,(H,23,24)/t17-,22+. The minimum absolute atomic E-state index is 0.205. The fraction of sp³-hybridized carbons (Fsp3) is 0.409. The Hall–Kier alpha value is -2.33. The number of hydrogen-bond acceptors (Lipinski definition) is 3. The zero-order valence-corrected chi connectivity index (χ0v) is 15.2. The van der Waals surface area contributed by atoms with Crippen molar-refractivity contribution in [2.24, 2.45) is 5.41 Å². The summed E-state index contributed by atoms with van der Waals surface area (Å²) in [7, 11) is 0. The third kappa shape index (κ3) is 4.85. The molecule has 26 heavy (non-hydrogen) atoms. The molecule has 138 valence electrons. The summed E-state index contributed by atoms with van der Waals surface area (Å²) >= 11 is 0. The number of carboxylic acids is 1. The second-order valence-electron chi connectivity index (χ2n) is 7.42. The number of ether oxygens (including phenoxy) is 2. The number of aliphatic carboxylic acids is 1. The Bertz CT molecular complexity index is 720. The van der Waals surface area contributed by atoms with E-state index in [9.17, 15) is 4.79 Å². The van der Waals surface area contributed by atoms with Gasteiger partial charge in [0.05, 0.1) is 0 Å². The van der Waals surface area contributed by atoms with Gasteiger partial charge in [0.1, 0.15) is 18.1 Å². The molecule has 2 aromatic rings. The number of carbonyl (C=O) groups is 1. The van der Waals surface area contributed by atoms with Crippen molar-refractivity contribution in [3.05, 3.63) is 60.2 Å². The molecule has 4 nitrogen and oxygen atoms in total. The van der Waals surface area contributed by atoms with E-state index in [1.807, 2.05) is 42.5 Å². The molecule has 1 saturated carbocycles. The van der Waals surface area contributed by atoms with Crippen LogP contribution in [0.2, 0.25) is 0 Å². The number of rotatable bonds is 9. The van der Waals surface area contributed by atoms with Crippen molar-refractivity contribution in [3.8, 4) is 11.5 Å². The molecule has 0 saturated heterocycles. The van der Waals surface area contributed by atoms with Gasteiger partial charge in [0.2, 0.25) is 0 Å². The Kier molecular flexibility index (Phi) is 5.94. The van der Waals surface area contributed by atoms with Crippen LogP contribution in [0.1, 0.15) is 44.1 Å². The number of benzene rings is 2. The maximum Gasteiger partial charge on any atom is 0.329 e. The van der Waals surface area contributed by atoms with Crippen LogP contribution in [0.5, 0.6) is 11.5 Å². The van der Waals surface area contributed by atoms with Gasteiger partial charge in [-0.2, -0.15) is 0 Å². The van der Waals surface area contributed by atoms with Crippen molar-refractivity contribution in [3.63, 3.8) is 0 Å². The number of carboxylic acid groups (broad SMARTS) is 1. The van der Waals surface area contributed by atoms with E-state index in [0.717, 1.165) is 37.2 Å². The smallest absolute Gasteiger partial charge is 0.329 e. The molecule has 0 radical (unpaired) electrons. The maximum atomic E-state index is 10.5. The molecule has 2 aromatic carbocycles. The van der Waals surface area contributed by atoms with Crippen LogP contribution in [-0.2, 0) is 9.53 Å². The first-order valence-corrected chi connectivity index (χ1v) is 9.17. The molecule has 3 rings (SSSR count). The molecule has 0 aromatic heterocycles. The summed E-state index contributed by atoms with van der Waals surface area (Å²) < 4.78 is 11.2. The largest absolute Gasteiger partial charge is 0.480 e. The lowest BCUT2D eigenvalue weighted by Gasteiger charge is -2.46. The maximum absolute atomic E-state index is 10.5. The molecule has 0 spiro atoms. The molecule has 1 fully saturated rings. The van der Waals surface area contributed by atoms with Gasteiger partial charge < -0.3 is 14.6 Å². The molecule has 0 amide bonds. The van der Waals surface area contributed by atoms with E-state index in [0.29, 0.717) is 17.9 Å². The van der Waals surface area contributed by atoms with Gasteiger partial charge in [0.15, 0.2) is 0 Å². The number of hydrogen-bond donors (Lipinski definition) is 1. The van der Waals surface area contributed by atoms with Gasteiger partial charge in [0.25, 0.3) is 0 Å². The van der Waals surface area contributed by atoms with Crippen molar-refractivity contribution in [2.45, 2.75) is 38.5 Å². The molecule has 1 N–H and O–H groups in total. The van der Waals surface area contributed by atoms with Crippen molar-refractivity contribution in [1.29, 1.82) is 0 Å².